The molecule has 1 heterocycles. The molecule has 0 radical (unpaired) electrons. The highest BCUT2D eigenvalue weighted by Gasteiger charge is 2.10. The summed E-state index contributed by atoms with van der Waals surface area (Å²) in [6.07, 6.45) is 0.788. The molecule has 0 bridgehead atoms. The SMILES string of the molecule is O=C(COc1ccc(-c2nc(-c3ccccc3)no2)cc1)NCCc1ccccc1. The van der Waals surface area contributed by atoms with E-state index in [-0.39, 0.29) is 12.5 Å². The molecule has 0 aliphatic carbocycles. The molecule has 1 N–H and O–H groups in total. The van der Waals surface area contributed by atoms with Gasteiger partial charge in [-0.25, -0.2) is 0 Å². The second-order valence-corrected chi connectivity index (χ2v) is 6.69. The summed E-state index contributed by atoms with van der Waals surface area (Å²) in [6, 6.07) is 26.9. The third-order valence-electron chi connectivity index (χ3n) is 4.51. The monoisotopic (exact) mass is 399 g/mol. The summed E-state index contributed by atoms with van der Waals surface area (Å²) in [5.41, 5.74) is 2.86. The minimum Gasteiger partial charge on any atom is -0.484 e. The summed E-state index contributed by atoms with van der Waals surface area (Å²) >= 11 is 0. The van der Waals surface area contributed by atoms with Crippen LogP contribution in [-0.4, -0.2) is 29.2 Å². The summed E-state index contributed by atoms with van der Waals surface area (Å²) in [4.78, 5) is 16.4. The fraction of sp³-hybridized carbons (Fsp3) is 0.125. The van der Waals surface area contributed by atoms with Crippen molar-refractivity contribution in [3.05, 3.63) is 90.5 Å². The number of carbonyl (C=O) groups excluding carboxylic acids is 1. The lowest BCUT2D eigenvalue weighted by Gasteiger charge is -2.08. The first kappa shape index (κ1) is 19.4. The van der Waals surface area contributed by atoms with Crippen molar-refractivity contribution in [2.45, 2.75) is 6.42 Å². The van der Waals surface area contributed by atoms with Gasteiger partial charge in [0, 0.05) is 17.7 Å². The molecule has 0 atom stereocenters. The van der Waals surface area contributed by atoms with Crippen LogP contribution in [0.4, 0.5) is 0 Å². The molecule has 150 valence electrons. The second kappa shape index (κ2) is 9.52. The Morgan fingerprint density at radius 1 is 0.867 bits per heavy atom. The highest BCUT2D eigenvalue weighted by atomic mass is 16.5. The maximum atomic E-state index is 12.0. The Kier molecular flexibility index (Phi) is 6.15. The first-order valence-corrected chi connectivity index (χ1v) is 9.71. The molecule has 0 saturated heterocycles. The van der Waals surface area contributed by atoms with Gasteiger partial charge < -0.3 is 14.6 Å². The number of amides is 1. The number of rotatable bonds is 8. The average molecular weight is 399 g/mol. The fourth-order valence-electron chi connectivity index (χ4n) is 2.93. The largest absolute Gasteiger partial charge is 0.484 e. The van der Waals surface area contributed by atoms with Crippen molar-refractivity contribution < 1.29 is 14.1 Å². The highest BCUT2D eigenvalue weighted by molar-refractivity contribution is 5.77. The molecule has 1 aromatic heterocycles. The molecule has 4 rings (SSSR count). The van der Waals surface area contributed by atoms with E-state index in [1.807, 2.05) is 72.8 Å². The summed E-state index contributed by atoms with van der Waals surface area (Å²) < 4.78 is 10.9. The van der Waals surface area contributed by atoms with Crippen molar-refractivity contribution >= 4 is 5.91 Å². The van der Waals surface area contributed by atoms with E-state index in [4.69, 9.17) is 9.26 Å². The van der Waals surface area contributed by atoms with Crippen molar-refractivity contribution in [1.29, 1.82) is 0 Å². The Morgan fingerprint density at radius 2 is 1.57 bits per heavy atom. The van der Waals surface area contributed by atoms with Crippen molar-refractivity contribution in [3.63, 3.8) is 0 Å². The van der Waals surface area contributed by atoms with E-state index in [0.29, 0.717) is 24.0 Å². The molecular weight excluding hydrogens is 378 g/mol. The number of nitrogens with zero attached hydrogens (tertiary/aromatic N) is 2. The fourth-order valence-corrected chi connectivity index (χ4v) is 2.93. The van der Waals surface area contributed by atoms with Gasteiger partial charge in [-0.3, -0.25) is 4.79 Å². The zero-order valence-corrected chi connectivity index (χ0v) is 16.3. The van der Waals surface area contributed by atoms with Crippen LogP contribution in [0, 0.1) is 0 Å². The Labute approximate surface area is 174 Å². The Hall–Kier alpha value is -3.93. The van der Waals surface area contributed by atoms with E-state index in [1.54, 1.807) is 12.1 Å². The molecule has 3 aromatic carbocycles. The van der Waals surface area contributed by atoms with Gasteiger partial charge in [-0.1, -0.05) is 65.8 Å². The number of benzene rings is 3. The van der Waals surface area contributed by atoms with Crippen molar-refractivity contribution in [2.24, 2.45) is 0 Å². The maximum absolute atomic E-state index is 12.0. The first-order valence-electron chi connectivity index (χ1n) is 9.71. The van der Waals surface area contributed by atoms with Gasteiger partial charge in [0.1, 0.15) is 5.75 Å². The normalized spacial score (nSPS) is 10.5. The van der Waals surface area contributed by atoms with Gasteiger partial charge in [0.25, 0.3) is 11.8 Å². The molecule has 0 fully saturated rings. The summed E-state index contributed by atoms with van der Waals surface area (Å²) in [6.45, 7) is 0.541. The van der Waals surface area contributed by atoms with Crippen LogP contribution in [0.3, 0.4) is 0 Å². The van der Waals surface area contributed by atoms with E-state index < -0.39 is 0 Å². The van der Waals surface area contributed by atoms with Crippen LogP contribution in [0.2, 0.25) is 0 Å². The van der Waals surface area contributed by atoms with Crippen LogP contribution in [0.5, 0.6) is 5.75 Å². The standard InChI is InChI=1S/C24H21N3O3/c28-22(25-16-15-18-7-3-1-4-8-18)17-29-21-13-11-20(12-14-21)24-26-23(27-30-24)19-9-5-2-6-10-19/h1-14H,15-17H2,(H,25,28). The predicted octanol–water partition coefficient (Wildman–Crippen LogP) is 4.14. The quantitative estimate of drug-likeness (QED) is 0.482. The lowest BCUT2D eigenvalue weighted by molar-refractivity contribution is -0.123. The smallest absolute Gasteiger partial charge is 0.258 e. The van der Waals surface area contributed by atoms with Crippen LogP contribution in [0.1, 0.15) is 5.56 Å². The van der Waals surface area contributed by atoms with Crippen molar-refractivity contribution in [3.8, 4) is 28.6 Å². The van der Waals surface area contributed by atoms with Crippen LogP contribution < -0.4 is 10.1 Å². The zero-order chi connectivity index (χ0) is 20.6. The van der Waals surface area contributed by atoms with E-state index in [1.165, 1.54) is 5.56 Å². The molecule has 4 aromatic rings. The third kappa shape index (κ3) is 5.11. The van der Waals surface area contributed by atoms with E-state index in [2.05, 4.69) is 15.5 Å². The number of hydrogen-bond acceptors (Lipinski definition) is 5. The Bertz CT molecular complexity index is 1080. The van der Waals surface area contributed by atoms with Gasteiger partial charge >= 0.3 is 0 Å². The zero-order valence-electron chi connectivity index (χ0n) is 16.3. The number of nitrogens with one attached hydrogen (secondary N) is 1. The van der Waals surface area contributed by atoms with E-state index in [9.17, 15) is 4.79 Å². The predicted molar refractivity (Wildman–Crippen MR) is 114 cm³/mol. The molecule has 6 heteroatoms. The molecule has 0 saturated carbocycles. The maximum Gasteiger partial charge on any atom is 0.258 e. The number of hydrogen-bond donors (Lipinski definition) is 1. The van der Waals surface area contributed by atoms with Crippen LogP contribution >= 0.6 is 0 Å². The molecule has 30 heavy (non-hydrogen) atoms. The van der Waals surface area contributed by atoms with Crippen LogP contribution in [0.15, 0.2) is 89.5 Å². The van der Waals surface area contributed by atoms with Gasteiger partial charge in [0.05, 0.1) is 0 Å². The Balaban J connectivity index is 1.27. The van der Waals surface area contributed by atoms with Crippen LogP contribution in [-0.2, 0) is 11.2 Å². The molecule has 1 amide bonds. The Morgan fingerprint density at radius 3 is 2.30 bits per heavy atom. The molecule has 0 spiro atoms. The topological polar surface area (TPSA) is 77.2 Å². The lowest BCUT2D eigenvalue weighted by atomic mass is 10.1. The number of carbonyl (C=O) groups is 1. The first-order chi connectivity index (χ1) is 14.8. The lowest BCUT2D eigenvalue weighted by Crippen LogP contribution is -2.30. The molecule has 0 aliphatic heterocycles. The number of ether oxygens (including phenoxy) is 1. The second-order valence-electron chi connectivity index (χ2n) is 6.69. The molecule has 0 unspecified atom stereocenters. The highest BCUT2D eigenvalue weighted by Crippen LogP contribution is 2.24. The van der Waals surface area contributed by atoms with Gasteiger partial charge in [0.2, 0.25) is 5.82 Å². The van der Waals surface area contributed by atoms with E-state index in [0.717, 1.165) is 17.5 Å². The molecule has 0 aliphatic rings. The van der Waals surface area contributed by atoms with Gasteiger partial charge in [0.15, 0.2) is 6.61 Å². The van der Waals surface area contributed by atoms with E-state index >= 15 is 0 Å². The number of aromatic nitrogens is 2. The summed E-state index contributed by atoms with van der Waals surface area (Å²) in [5.74, 6) is 1.41. The third-order valence-corrected chi connectivity index (χ3v) is 4.51. The van der Waals surface area contributed by atoms with Gasteiger partial charge in [-0.2, -0.15) is 4.98 Å². The average Bonchev–Trinajstić information content (AvgIpc) is 3.30. The van der Waals surface area contributed by atoms with Gasteiger partial charge in [-0.05, 0) is 36.2 Å². The van der Waals surface area contributed by atoms with Crippen molar-refractivity contribution in [2.75, 3.05) is 13.2 Å². The van der Waals surface area contributed by atoms with Crippen molar-refractivity contribution in [1.82, 2.24) is 15.5 Å². The minimum absolute atomic E-state index is 0.0349. The van der Waals surface area contributed by atoms with Crippen LogP contribution in [0.25, 0.3) is 22.8 Å². The molecular formula is C24H21N3O3. The summed E-state index contributed by atoms with van der Waals surface area (Å²) in [5, 5.41) is 6.88. The molecule has 6 nitrogen and oxygen atoms in total. The minimum atomic E-state index is -0.153. The summed E-state index contributed by atoms with van der Waals surface area (Å²) in [7, 11) is 0. The van der Waals surface area contributed by atoms with Gasteiger partial charge in [-0.15, -0.1) is 0 Å².